The number of benzene rings is 3. The number of rotatable bonds is 2. The molecule has 5 aromatic rings. The Balaban J connectivity index is 1.97. The molecule has 0 aliphatic rings. The molecule has 1 atom stereocenters. The zero-order valence-corrected chi connectivity index (χ0v) is 15.0. The van der Waals surface area contributed by atoms with E-state index >= 15 is 0 Å². The lowest BCUT2D eigenvalue weighted by atomic mass is 9.95. The highest BCUT2D eigenvalue weighted by atomic mass is 32.2. The van der Waals surface area contributed by atoms with Gasteiger partial charge in [-0.3, -0.25) is 0 Å². The molecule has 2 heterocycles. The third-order valence-electron chi connectivity index (χ3n) is 4.86. The minimum absolute atomic E-state index is 0.853. The van der Waals surface area contributed by atoms with E-state index in [2.05, 4.69) is 46.4 Å². The van der Waals surface area contributed by atoms with Crippen LogP contribution in [-0.4, -0.2) is 20.8 Å². The minimum Gasteiger partial charge on any atom is -0.612 e. The normalized spacial score (nSPS) is 12.8. The van der Waals surface area contributed by atoms with Crippen molar-refractivity contribution < 1.29 is 4.55 Å². The predicted octanol–water partition coefficient (Wildman–Crippen LogP) is 5.27. The van der Waals surface area contributed by atoms with Gasteiger partial charge in [0.15, 0.2) is 4.90 Å². The molecule has 3 nitrogen and oxygen atoms in total. The van der Waals surface area contributed by atoms with Gasteiger partial charge in [0.1, 0.15) is 11.9 Å². The number of nitrogens with one attached hydrogen (secondary N) is 1. The molecule has 0 aliphatic carbocycles. The minimum atomic E-state index is -1.05. The Morgan fingerprint density at radius 2 is 1.58 bits per heavy atom. The van der Waals surface area contributed by atoms with Gasteiger partial charge >= 0.3 is 0 Å². The van der Waals surface area contributed by atoms with Crippen LogP contribution in [-0.2, 0) is 11.2 Å². The van der Waals surface area contributed by atoms with Crippen molar-refractivity contribution in [2.24, 2.45) is 0 Å². The average molecular weight is 356 g/mol. The first kappa shape index (κ1) is 15.4. The SMILES string of the molecule is C[S+]([O-])c1ccccc1-c1cc2[nH]c3ncccc3c2c2ccccc12. The van der Waals surface area contributed by atoms with E-state index in [4.69, 9.17) is 0 Å². The molecular formula is C22H16N2OS. The summed E-state index contributed by atoms with van der Waals surface area (Å²) in [6.07, 6.45) is 3.53. The lowest BCUT2D eigenvalue weighted by molar-refractivity contribution is 0.601. The Labute approximate surface area is 153 Å². The van der Waals surface area contributed by atoms with Crippen molar-refractivity contribution in [2.45, 2.75) is 4.90 Å². The van der Waals surface area contributed by atoms with E-state index in [1.165, 1.54) is 10.8 Å². The molecule has 0 fully saturated rings. The first-order chi connectivity index (χ1) is 12.7. The Bertz CT molecular complexity index is 1270. The molecule has 0 spiro atoms. The van der Waals surface area contributed by atoms with Crippen LogP contribution in [0.3, 0.4) is 0 Å². The summed E-state index contributed by atoms with van der Waals surface area (Å²) in [6.45, 7) is 0. The Hall–Kier alpha value is -2.82. The van der Waals surface area contributed by atoms with Crippen molar-refractivity contribution in [3.8, 4) is 11.1 Å². The molecule has 0 radical (unpaired) electrons. The Morgan fingerprint density at radius 1 is 0.846 bits per heavy atom. The number of aromatic amines is 1. The zero-order valence-electron chi connectivity index (χ0n) is 14.2. The molecule has 0 amide bonds. The molecule has 1 N–H and O–H groups in total. The van der Waals surface area contributed by atoms with Crippen LogP contribution in [0.4, 0.5) is 0 Å². The summed E-state index contributed by atoms with van der Waals surface area (Å²) in [5.74, 6) is 0. The molecule has 5 rings (SSSR count). The molecule has 0 bridgehead atoms. The fourth-order valence-corrected chi connectivity index (χ4v) is 4.52. The van der Waals surface area contributed by atoms with Crippen LogP contribution >= 0.6 is 0 Å². The topological polar surface area (TPSA) is 51.7 Å². The number of aromatic nitrogens is 2. The summed E-state index contributed by atoms with van der Waals surface area (Å²) in [7, 11) is 0. The Kier molecular flexibility index (Phi) is 3.48. The number of fused-ring (bicyclic) bond motifs is 5. The second kappa shape index (κ2) is 5.87. The molecule has 1 unspecified atom stereocenters. The van der Waals surface area contributed by atoms with Crippen molar-refractivity contribution in [1.82, 2.24) is 9.97 Å². The number of hydrogen-bond donors (Lipinski definition) is 1. The van der Waals surface area contributed by atoms with E-state index < -0.39 is 11.2 Å². The van der Waals surface area contributed by atoms with Gasteiger partial charge in [-0.25, -0.2) is 4.98 Å². The highest BCUT2D eigenvalue weighted by Gasteiger charge is 2.18. The molecule has 0 saturated carbocycles. The molecule has 2 aromatic heterocycles. The summed E-state index contributed by atoms with van der Waals surface area (Å²) in [4.78, 5) is 8.76. The molecule has 3 aromatic carbocycles. The van der Waals surface area contributed by atoms with Gasteiger partial charge in [0.25, 0.3) is 0 Å². The van der Waals surface area contributed by atoms with Crippen LogP contribution in [0.15, 0.2) is 77.8 Å². The summed E-state index contributed by atoms with van der Waals surface area (Å²) < 4.78 is 12.3. The predicted molar refractivity (Wildman–Crippen MR) is 109 cm³/mol. The van der Waals surface area contributed by atoms with E-state index in [1.807, 2.05) is 30.3 Å². The van der Waals surface area contributed by atoms with Crippen molar-refractivity contribution in [3.63, 3.8) is 0 Å². The van der Waals surface area contributed by atoms with E-state index in [-0.39, 0.29) is 0 Å². The van der Waals surface area contributed by atoms with Crippen molar-refractivity contribution in [2.75, 3.05) is 6.26 Å². The highest BCUT2D eigenvalue weighted by Crippen LogP contribution is 2.39. The lowest BCUT2D eigenvalue weighted by Crippen LogP contribution is -2.00. The summed E-state index contributed by atoms with van der Waals surface area (Å²) in [6, 6.07) is 22.5. The standard InChI is InChI=1S/C22H16N2OS/c1-26(25)20-11-5-4-8-15(20)18-13-19-21(16-9-3-2-7-14(16)18)17-10-6-12-23-22(17)24-19/h2-13H,1H3,(H,23,24). The summed E-state index contributed by atoms with van der Waals surface area (Å²) in [5, 5.41) is 4.64. The Morgan fingerprint density at radius 3 is 2.42 bits per heavy atom. The fourth-order valence-electron chi connectivity index (χ4n) is 3.76. The maximum Gasteiger partial charge on any atom is 0.160 e. The quantitative estimate of drug-likeness (QED) is 0.438. The first-order valence-corrected chi connectivity index (χ1v) is 10.0. The number of hydrogen-bond acceptors (Lipinski definition) is 2. The van der Waals surface area contributed by atoms with E-state index in [1.54, 1.807) is 12.5 Å². The molecular weight excluding hydrogens is 340 g/mol. The zero-order chi connectivity index (χ0) is 17.7. The van der Waals surface area contributed by atoms with Crippen LogP contribution in [0.25, 0.3) is 43.8 Å². The van der Waals surface area contributed by atoms with E-state index in [0.717, 1.165) is 38.0 Å². The van der Waals surface area contributed by atoms with E-state index in [0.29, 0.717) is 0 Å². The van der Waals surface area contributed by atoms with Gasteiger partial charge in [-0.05, 0) is 57.8 Å². The lowest BCUT2D eigenvalue weighted by Gasteiger charge is -2.13. The van der Waals surface area contributed by atoms with Crippen molar-refractivity contribution >= 4 is 43.9 Å². The first-order valence-electron chi connectivity index (χ1n) is 8.45. The van der Waals surface area contributed by atoms with Gasteiger partial charge in [-0.15, -0.1) is 0 Å². The highest BCUT2D eigenvalue weighted by molar-refractivity contribution is 7.90. The number of nitrogens with zero attached hydrogens (tertiary/aromatic N) is 1. The van der Waals surface area contributed by atoms with Crippen LogP contribution in [0.1, 0.15) is 0 Å². The third-order valence-corrected chi connectivity index (χ3v) is 5.84. The van der Waals surface area contributed by atoms with Gasteiger partial charge in [-0.2, -0.15) is 0 Å². The molecule has 0 saturated heterocycles. The van der Waals surface area contributed by atoms with Gasteiger partial charge < -0.3 is 9.54 Å². The van der Waals surface area contributed by atoms with Crippen LogP contribution in [0.2, 0.25) is 0 Å². The van der Waals surface area contributed by atoms with Gasteiger partial charge in [0, 0.05) is 28.0 Å². The van der Waals surface area contributed by atoms with Gasteiger partial charge in [0.05, 0.1) is 0 Å². The summed E-state index contributed by atoms with van der Waals surface area (Å²) in [5.41, 5.74) is 4.03. The van der Waals surface area contributed by atoms with Gasteiger partial charge in [-0.1, -0.05) is 36.4 Å². The third kappa shape index (κ3) is 2.23. The van der Waals surface area contributed by atoms with Crippen molar-refractivity contribution in [1.29, 1.82) is 0 Å². The van der Waals surface area contributed by atoms with Crippen LogP contribution in [0.5, 0.6) is 0 Å². The summed E-state index contributed by atoms with van der Waals surface area (Å²) >= 11 is -1.05. The largest absolute Gasteiger partial charge is 0.612 e. The maximum absolute atomic E-state index is 12.3. The number of H-pyrrole nitrogens is 1. The number of pyridine rings is 1. The molecule has 0 aliphatic heterocycles. The van der Waals surface area contributed by atoms with Crippen LogP contribution in [0, 0.1) is 0 Å². The second-order valence-electron chi connectivity index (χ2n) is 6.37. The van der Waals surface area contributed by atoms with Crippen LogP contribution < -0.4 is 0 Å². The maximum atomic E-state index is 12.3. The average Bonchev–Trinajstić information content (AvgIpc) is 3.06. The van der Waals surface area contributed by atoms with Crippen molar-refractivity contribution in [3.05, 3.63) is 72.9 Å². The smallest absolute Gasteiger partial charge is 0.160 e. The monoisotopic (exact) mass is 356 g/mol. The molecule has 126 valence electrons. The fraction of sp³-hybridized carbons (Fsp3) is 0.0455. The molecule has 4 heteroatoms. The van der Waals surface area contributed by atoms with Gasteiger partial charge in [0.2, 0.25) is 0 Å². The second-order valence-corrected chi connectivity index (χ2v) is 7.72. The molecule has 26 heavy (non-hydrogen) atoms. The van der Waals surface area contributed by atoms with E-state index in [9.17, 15) is 4.55 Å².